The molecular formula is C15H26N4O. The molecule has 1 aromatic rings. The van der Waals surface area contributed by atoms with Crippen LogP contribution in [0.25, 0.3) is 0 Å². The summed E-state index contributed by atoms with van der Waals surface area (Å²) in [6.07, 6.45) is 2.76. The highest BCUT2D eigenvalue weighted by Crippen LogP contribution is 2.17. The van der Waals surface area contributed by atoms with Gasteiger partial charge < -0.3 is 15.8 Å². The van der Waals surface area contributed by atoms with Gasteiger partial charge in [-0.3, -0.25) is 4.90 Å². The van der Waals surface area contributed by atoms with Crippen LogP contribution in [0.3, 0.4) is 0 Å². The molecule has 2 heterocycles. The van der Waals surface area contributed by atoms with Crippen LogP contribution < -0.4 is 11.1 Å². The maximum absolute atomic E-state index is 5.96. The van der Waals surface area contributed by atoms with Gasteiger partial charge in [0, 0.05) is 31.4 Å². The molecule has 0 amide bonds. The van der Waals surface area contributed by atoms with E-state index < -0.39 is 0 Å². The zero-order valence-corrected chi connectivity index (χ0v) is 12.7. The summed E-state index contributed by atoms with van der Waals surface area (Å²) in [5.74, 6) is 0.615. The van der Waals surface area contributed by atoms with Crippen molar-refractivity contribution in [1.82, 2.24) is 15.2 Å². The summed E-state index contributed by atoms with van der Waals surface area (Å²) >= 11 is 0. The lowest BCUT2D eigenvalue weighted by molar-refractivity contribution is -0.0541. The van der Waals surface area contributed by atoms with E-state index in [1.807, 2.05) is 19.2 Å². The second-order valence-corrected chi connectivity index (χ2v) is 5.64. The first-order chi connectivity index (χ1) is 9.61. The third kappa shape index (κ3) is 3.69. The van der Waals surface area contributed by atoms with Crippen molar-refractivity contribution in [1.29, 1.82) is 0 Å². The van der Waals surface area contributed by atoms with Crippen molar-refractivity contribution < 1.29 is 4.74 Å². The molecule has 2 atom stereocenters. The van der Waals surface area contributed by atoms with Crippen LogP contribution in [0.1, 0.15) is 19.4 Å². The molecule has 1 aliphatic rings. The van der Waals surface area contributed by atoms with E-state index in [1.165, 1.54) is 0 Å². The minimum atomic E-state index is 0.191. The largest absolute Gasteiger partial charge is 0.383 e. The van der Waals surface area contributed by atoms with Crippen LogP contribution in [0.2, 0.25) is 0 Å². The Bertz CT molecular complexity index is 424. The number of morpholine rings is 1. The number of hydrogen-bond acceptors (Lipinski definition) is 5. The second-order valence-electron chi connectivity index (χ2n) is 5.64. The number of hydrogen-bond donors (Lipinski definition) is 2. The van der Waals surface area contributed by atoms with Gasteiger partial charge in [-0.15, -0.1) is 0 Å². The topological polar surface area (TPSA) is 63.4 Å². The quantitative estimate of drug-likeness (QED) is 0.838. The maximum Gasteiger partial charge on any atom is 0.126 e. The molecular weight excluding hydrogens is 252 g/mol. The Morgan fingerprint density at radius 2 is 2.35 bits per heavy atom. The maximum atomic E-state index is 5.96. The molecule has 0 saturated carbocycles. The Hall–Kier alpha value is -1.17. The van der Waals surface area contributed by atoms with Crippen LogP contribution in [0, 0.1) is 0 Å². The first-order valence-corrected chi connectivity index (χ1v) is 7.34. The number of anilines is 1. The zero-order chi connectivity index (χ0) is 14.5. The number of nitrogens with two attached hydrogens (primary N) is 1. The van der Waals surface area contributed by atoms with Gasteiger partial charge in [0.05, 0.1) is 12.7 Å². The van der Waals surface area contributed by atoms with Crippen molar-refractivity contribution in [2.75, 3.05) is 32.5 Å². The average molecular weight is 278 g/mol. The van der Waals surface area contributed by atoms with Crippen molar-refractivity contribution >= 4 is 5.82 Å². The van der Waals surface area contributed by atoms with Crippen molar-refractivity contribution in [2.24, 2.45) is 0 Å². The number of rotatable bonds is 5. The number of aromatic nitrogens is 1. The van der Waals surface area contributed by atoms with Gasteiger partial charge in [-0.1, -0.05) is 6.07 Å². The highest BCUT2D eigenvalue weighted by atomic mass is 16.5. The molecule has 1 saturated heterocycles. The predicted molar refractivity (Wildman–Crippen MR) is 81.7 cm³/mol. The van der Waals surface area contributed by atoms with E-state index in [0.29, 0.717) is 11.9 Å². The normalized spacial score (nSPS) is 22.1. The summed E-state index contributed by atoms with van der Waals surface area (Å²) in [5, 5.41) is 3.37. The first-order valence-electron chi connectivity index (χ1n) is 7.34. The summed E-state index contributed by atoms with van der Waals surface area (Å²) in [6, 6.07) is 4.78. The number of likely N-dealkylation sites (N-methyl/N-ethyl adjacent to an activating group) is 1. The van der Waals surface area contributed by atoms with Gasteiger partial charge in [0.25, 0.3) is 0 Å². The zero-order valence-electron chi connectivity index (χ0n) is 12.7. The summed E-state index contributed by atoms with van der Waals surface area (Å²) in [6.45, 7) is 7.23. The highest BCUT2D eigenvalue weighted by molar-refractivity contribution is 5.39. The Morgan fingerprint density at radius 3 is 3.00 bits per heavy atom. The third-order valence-electron chi connectivity index (χ3n) is 4.04. The van der Waals surface area contributed by atoms with Crippen LogP contribution >= 0.6 is 0 Å². The second kappa shape index (κ2) is 7.02. The molecule has 0 spiro atoms. The minimum absolute atomic E-state index is 0.191. The summed E-state index contributed by atoms with van der Waals surface area (Å²) in [5.41, 5.74) is 7.02. The van der Waals surface area contributed by atoms with Crippen molar-refractivity contribution in [2.45, 2.75) is 38.5 Å². The fraction of sp³-hybridized carbons (Fsp3) is 0.667. The van der Waals surface area contributed by atoms with E-state index in [9.17, 15) is 0 Å². The van der Waals surface area contributed by atoms with E-state index in [4.69, 9.17) is 10.5 Å². The summed E-state index contributed by atoms with van der Waals surface area (Å²) < 4.78 is 5.96. The molecule has 1 aliphatic heterocycles. The lowest BCUT2D eigenvalue weighted by atomic mass is 10.00. The van der Waals surface area contributed by atoms with Crippen LogP contribution in [0.15, 0.2) is 18.3 Å². The Kier molecular flexibility index (Phi) is 5.34. The van der Waals surface area contributed by atoms with Crippen molar-refractivity contribution in [3.8, 4) is 0 Å². The van der Waals surface area contributed by atoms with Crippen LogP contribution in [-0.2, 0) is 11.2 Å². The van der Waals surface area contributed by atoms with Crippen LogP contribution in [0.5, 0.6) is 0 Å². The molecule has 112 valence electrons. The van der Waals surface area contributed by atoms with E-state index in [-0.39, 0.29) is 12.1 Å². The molecule has 0 radical (unpaired) electrons. The number of nitrogens with one attached hydrogen (secondary N) is 1. The highest BCUT2D eigenvalue weighted by Gasteiger charge is 2.28. The first kappa shape index (κ1) is 15.2. The average Bonchev–Trinajstić information content (AvgIpc) is 2.46. The molecule has 20 heavy (non-hydrogen) atoms. The van der Waals surface area contributed by atoms with Gasteiger partial charge in [-0.05, 0) is 38.9 Å². The van der Waals surface area contributed by atoms with Crippen LogP contribution in [-0.4, -0.2) is 54.8 Å². The lowest BCUT2D eigenvalue weighted by Crippen LogP contribution is -2.53. The van der Waals surface area contributed by atoms with Crippen molar-refractivity contribution in [3.63, 3.8) is 0 Å². The SMILES string of the molecule is CNC(Cc1cccnc1N)C1CN(C(C)C)CCO1. The molecule has 1 fully saturated rings. The lowest BCUT2D eigenvalue weighted by Gasteiger charge is -2.39. The van der Waals surface area contributed by atoms with Gasteiger partial charge in [0.2, 0.25) is 0 Å². The predicted octanol–water partition coefficient (Wildman–Crippen LogP) is 0.904. The molecule has 0 aliphatic carbocycles. The monoisotopic (exact) mass is 278 g/mol. The molecule has 5 heteroatoms. The van der Waals surface area contributed by atoms with Crippen molar-refractivity contribution in [3.05, 3.63) is 23.9 Å². The van der Waals surface area contributed by atoms with E-state index >= 15 is 0 Å². The number of pyridine rings is 1. The van der Waals surface area contributed by atoms with Gasteiger partial charge in [0.15, 0.2) is 0 Å². The number of nitrogens with zero attached hydrogens (tertiary/aromatic N) is 2. The Labute approximate surface area is 121 Å². The summed E-state index contributed by atoms with van der Waals surface area (Å²) in [7, 11) is 1.98. The Morgan fingerprint density at radius 1 is 1.55 bits per heavy atom. The fourth-order valence-electron chi connectivity index (χ4n) is 2.69. The van der Waals surface area contributed by atoms with Gasteiger partial charge in [-0.25, -0.2) is 4.98 Å². The smallest absolute Gasteiger partial charge is 0.126 e. The molecule has 2 unspecified atom stereocenters. The molecule has 0 bridgehead atoms. The van der Waals surface area contributed by atoms with Crippen LogP contribution in [0.4, 0.5) is 5.82 Å². The van der Waals surface area contributed by atoms with Gasteiger partial charge in [0.1, 0.15) is 5.82 Å². The fourth-order valence-corrected chi connectivity index (χ4v) is 2.69. The van der Waals surface area contributed by atoms with Gasteiger partial charge in [-0.2, -0.15) is 0 Å². The standard InChI is InChI=1S/C15H26N4O/c1-11(2)19-7-8-20-14(10-19)13(17-3)9-12-5-4-6-18-15(12)16/h4-6,11,13-14,17H,7-10H2,1-3H3,(H2,16,18). The minimum Gasteiger partial charge on any atom is -0.383 e. The molecule has 0 aromatic carbocycles. The number of ether oxygens (including phenoxy) is 1. The molecule has 2 rings (SSSR count). The summed E-state index contributed by atoms with van der Waals surface area (Å²) in [4.78, 5) is 6.62. The van der Waals surface area contributed by atoms with E-state index in [0.717, 1.165) is 31.7 Å². The third-order valence-corrected chi connectivity index (χ3v) is 4.04. The molecule has 3 N–H and O–H groups in total. The number of nitrogen functional groups attached to an aromatic ring is 1. The van der Waals surface area contributed by atoms with E-state index in [2.05, 4.69) is 29.0 Å². The Balaban J connectivity index is 2.03. The van der Waals surface area contributed by atoms with Gasteiger partial charge >= 0.3 is 0 Å². The molecule has 5 nitrogen and oxygen atoms in total. The molecule has 1 aromatic heterocycles. The van der Waals surface area contributed by atoms with E-state index in [1.54, 1.807) is 6.20 Å².